The first-order valence-corrected chi connectivity index (χ1v) is 9.88. The molecule has 5 nitrogen and oxygen atoms in total. The minimum atomic E-state index is 0.000748. The molecule has 0 atom stereocenters. The van der Waals surface area contributed by atoms with Gasteiger partial charge >= 0.3 is 0 Å². The highest BCUT2D eigenvalue weighted by molar-refractivity contribution is 6.20. The molecular formula is C24H20N2O3. The van der Waals surface area contributed by atoms with Crippen molar-refractivity contribution < 1.29 is 14.6 Å². The lowest BCUT2D eigenvalue weighted by molar-refractivity contribution is 0.0966. The molecule has 2 N–H and O–H groups in total. The zero-order valence-corrected chi connectivity index (χ0v) is 16.1. The van der Waals surface area contributed by atoms with Gasteiger partial charge in [0.05, 0.1) is 24.8 Å². The minimum Gasteiger partial charge on any atom is -0.497 e. The molecule has 144 valence electrons. The van der Waals surface area contributed by atoms with Crippen LogP contribution in [0.3, 0.4) is 0 Å². The average molecular weight is 384 g/mol. The number of carbonyl (C=O) groups is 1. The first-order valence-electron chi connectivity index (χ1n) is 9.88. The quantitative estimate of drug-likeness (QED) is 0.500. The summed E-state index contributed by atoms with van der Waals surface area (Å²) in [5, 5.41) is 15.1. The largest absolute Gasteiger partial charge is 0.497 e. The number of fused-ring (bicyclic) bond motifs is 10. The molecule has 5 heteroatoms. The van der Waals surface area contributed by atoms with E-state index in [1.807, 2.05) is 18.2 Å². The van der Waals surface area contributed by atoms with E-state index in [1.54, 1.807) is 7.11 Å². The van der Waals surface area contributed by atoms with Crippen molar-refractivity contribution in [1.82, 2.24) is 9.88 Å². The lowest BCUT2D eigenvalue weighted by Gasteiger charge is -2.13. The van der Waals surface area contributed by atoms with E-state index < -0.39 is 0 Å². The van der Waals surface area contributed by atoms with E-state index in [2.05, 4.69) is 34.1 Å². The zero-order chi connectivity index (χ0) is 19.7. The van der Waals surface area contributed by atoms with Gasteiger partial charge in [-0.2, -0.15) is 0 Å². The predicted octanol–water partition coefficient (Wildman–Crippen LogP) is 3.61. The van der Waals surface area contributed by atoms with Crippen LogP contribution in [0.25, 0.3) is 32.9 Å². The van der Waals surface area contributed by atoms with Crippen LogP contribution < -0.4 is 10.1 Å². The highest BCUT2D eigenvalue weighted by Gasteiger charge is 2.35. The summed E-state index contributed by atoms with van der Waals surface area (Å²) in [4.78, 5) is 12.9. The molecule has 0 fully saturated rings. The Balaban J connectivity index is 1.81. The van der Waals surface area contributed by atoms with Crippen molar-refractivity contribution >= 4 is 27.7 Å². The van der Waals surface area contributed by atoms with Crippen LogP contribution in [0.2, 0.25) is 0 Å². The zero-order valence-electron chi connectivity index (χ0n) is 16.1. The van der Waals surface area contributed by atoms with Gasteiger partial charge in [0.25, 0.3) is 5.91 Å². The third-order valence-corrected chi connectivity index (χ3v) is 6.34. The van der Waals surface area contributed by atoms with E-state index in [9.17, 15) is 9.90 Å². The van der Waals surface area contributed by atoms with E-state index in [4.69, 9.17) is 4.74 Å². The molecule has 2 heterocycles. The highest BCUT2D eigenvalue weighted by atomic mass is 16.5. The molecule has 1 amide bonds. The molecule has 29 heavy (non-hydrogen) atoms. The van der Waals surface area contributed by atoms with Crippen LogP contribution in [-0.2, 0) is 19.5 Å². The predicted molar refractivity (Wildman–Crippen MR) is 112 cm³/mol. The molecule has 0 saturated heterocycles. The Morgan fingerprint density at radius 3 is 2.83 bits per heavy atom. The Bertz CT molecular complexity index is 1350. The lowest BCUT2D eigenvalue weighted by atomic mass is 9.92. The van der Waals surface area contributed by atoms with E-state index in [-0.39, 0.29) is 12.5 Å². The Morgan fingerprint density at radius 1 is 1.14 bits per heavy atom. The lowest BCUT2D eigenvalue weighted by Crippen LogP contribution is -2.13. The van der Waals surface area contributed by atoms with Crippen molar-refractivity contribution in [3.8, 4) is 16.9 Å². The Morgan fingerprint density at radius 2 is 2.00 bits per heavy atom. The minimum absolute atomic E-state index is 0.000748. The van der Waals surface area contributed by atoms with Gasteiger partial charge in [-0.15, -0.1) is 0 Å². The second-order valence-corrected chi connectivity index (χ2v) is 7.71. The van der Waals surface area contributed by atoms with Gasteiger partial charge in [-0.3, -0.25) is 4.79 Å². The van der Waals surface area contributed by atoms with E-state index in [0.29, 0.717) is 13.1 Å². The maximum atomic E-state index is 12.9. The van der Waals surface area contributed by atoms with Crippen molar-refractivity contribution in [3.63, 3.8) is 0 Å². The third-order valence-electron chi connectivity index (χ3n) is 6.34. The molecule has 0 saturated carbocycles. The van der Waals surface area contributed by atoms with Gasteiger partial charge in [0, 0.05) is 41.4 Å². The number of nitrogens with one attached hydrogen (secondary N) is 1. The summed E-state index contributed by atoms with van der Waals surface area (Å²) in [6, 6.07) is 14.4. The number of para-hydroxylation sites is 1. The number of aliphatic hydroxyl groups is 1. The number of nitrogens with zero attached hydrogens (tertiary/aromatic N) is 1. The summed E-state index contributed by atoms with van der Waals surface area (Å²) < 4.78 is 7.65. The molecule has 1 aliphatic carbocycles. The maximum Gasteiger partial charge on any atom is 0.252 e. The number of amides is 1. The standard InChI is InChI=1S/C24H20N2O3/c1-29-14-6-7-15-13(10-14)11-17-20(15)22-18(12-25-24(22)28)21-16-4-2-3-5-19(16)26(8-9-27)23(17)21/h2-7,10,27H,8-9,11-12H2,1H3,(H,25,28). The second-order valence-electron chi connectivity index (χ2n) is 7.71. The normalized spacial score (nSPS) is 14.2. The monoisotopic (exact) mass is 384 g/mol. The van der Waals surface area contributed by atoms with Crippen LogP contribution in [0.4, 0.5) is 0 Å². The number of carbonyl (C=O) groups excluding carboxylic acids is 1. The van der Waals surface area contributed by atoms with Crippen LogP contribution in [0.1, 0.15) is 27.0 Å². The van der Waals surface area contributed by atoms with E-state index in [1.165, 1.54) is 11.1 Å². The molecule has 0 spiro atoms. The van der Waals surface area contributed by atoms with Gasteiger partial charge in [0.2, 0.25) is 0 Å². The summed E-state index contributed by atoms with van der Waals surface area (Å²) in [6.07, 6.45) is 0.751. The topological polar surface area (TPSA) is 63.5 Å². The van der Waals surface area contributed by atoms with Crippen LogP contribution in [-0.4, -0.2) is 29.3 Å². The summed E-state index contributed by atoms with van der Waals surface area (Å²) in [5.41, 5.74) is 8.61. The molecule has 0 bridgehead atoms. The molecule has 1 aromatic heterocycles. The molecule has 1 aliphatic heterocycles. The van der Waals surface area contributed by atoms with Gasteiger partial charge in [0.15, 0.2) is 0 Å². The van der Waals surface area contributed by atoms with Crippen molar-refractivity contribution in [2.75, 3.05) is 13.7 Å². The number of hydrogen-bond acceptors (Lipinski definition) is 3. The fourth-order valence-corrected chi connectivity index (χ4v) is 5.23. The summed E-state index contributed by atoms with van der Waals surface area (Å²) in [7, 11) is 1.67. The van der Waals surface area contributed by atoms with Gasteiger partial charge in [-0.05, 0) is 40.5 Å². The number of aromatic nitrogens is 1. The molecule has 4 aromatic rings. The molecule has 3 aromatic carbocycles. The summed E-state index contributed by atoms with van der Waals surface area (Å²) in [5.74, 6) is 0.825. The molecule has 0 radical (unpaired) electrons. The van der Waals surface area contributed by atoms with Crippen LogP contribution >= 0.6 is 0 Å². The maximum absolute atomic E-state index is 12.9. The first-order chi connectivity index (χ1) is 14.2. The fourth-order valence-electron chi connectivity index (χ4n) is 5.23. The smallest absolute Gasteiger partial charge is 0.252 e. The number of ether oxygens (including phenoxy) is 1. The molecule has 6 rings (SSSR count). The molecule has 2 aliphatic rings. The Hall–Kier alpha value is -3.31. The number of benzene rings is 3. The van der Waals surface area contributed by atoms with Crippen molar-refractivity contribution in [1.29, 1.82) is 0 Å². The Labute approximate surface area is 167 Å². The molecule has 0 unspecified atom stereocenters. The van der Waals surface area contributed by atoms with Gasteiger partial charge in [-0.1, -0.05) is 24.3 Å². The van der Waals surface area contributed by atoms with Crippen molar-refractivity contribution in [2.24, 2.45) is 0 Å². The number of hydrogen-bond donors (Lipinski definition) is 2. The SMILES string of the molecule is COc1ccc2c(c1)Cc1c-2c2c(c3c4ccccc4n(CCO)c13)CNC2=O. The van der Waals surface area contributed by atoms with Gasteiger partial charge < -0.3 is 19.7 Å². The first kappa shape index (κ1) is 16.6. The van der Waals surface area contributed by atoms with Crippen LogP contribution in [0.15, 0.2) is 42.5 Å². The van der Waals surface area contributed by atoms with Crippen LogP contribution in [0.5, 0.6) is 5.75 Å². The van der Waals surface area contributed by atoms with Crippen molar-refractivity contribution in [3.05, 3.63) is 64.7 Å². The van der Waals surface area contributed by atoms with E-state index >= 15 is 0 Å². The van der Waals surface area contributed by atoms with Gasteiger partial charge in [0.1, 0.15) is 5.75 Å². The Kier molecular flexibility index (Phi) is 3.35. The fraction of sp³-hybridized carbons (Fsp3) is 0.208. The summed E-state index contributed by atoms with van der Waals surface area (Å²) >= 11 is 0. The average Bonchev–Trinajstić information content (AvgIpc) is 3.40. The second kappa shape index (κ2) is 5.84. The molecular weight excluding hydrogens is 364 g/mol. The van der Waals surface area contributed by atoms with Crippen molar-refractivity contribution in [2.45, 2.75) is 19.5 Å². The van der Waals surface area contributed by atoms with E-state index in [0.717, 1.165) is 56.2 Å². The van der Waals surface area contributed by atoms with Crippen LogP contribution in [0, 0.1) is 0 Å². The number of methoxy groups -OCH3 is 1. The number of aliphatic hydroxyl groups excluding tert-OH is 1. The van der Waals surface area contributed by atoms with Gasteiger partial charge in [-0.25, -0.2) is 0 Å². The highest BCUT2D eigenvalue weighted by Crippen LogP contribution is 2.49. The third kappa shape index (κ3) is 2.05. The number of rotatable bonds is 3. The summed E-state index contributed by atoms with van der Waals surface area (Å²) in [6.45, 7) is 1.13.